The lowest BCUT2D eigenvalue weighted by Gasteiger charge is -2.09. The molecule has 1 amide bonds. The Hall–Kier alpha value is -2.90. The molecular formula is C15H18N4O4. The van der Waals surface area contributed by atoms with Crippen molar-refractivity contribution in [2.45, 2.75) is 26.4 Å². The fourth-order valence-electron chi connectivity index (χ4n) is 1.96. The molecule has 0 saturated carbocycles. The number of amides is 1. The van der Waals surface area contributed by atoms with Crippen molar-refractivity contribution in [1.82, 2.24) is 20.3 Å². The predicted octanol–water partition coefficient (Wildman–Crippen LogP) is 0.620. The molecule has 8 nitrogen and oxygen atoms in total. The highest BCUT2D eigenvalue weighted by Crippen LogP contribution is 2.17. The molecule has 1 heterocycles. The number of carbonyl (C=O) groups is 2. The van der Waals surface area contributed by atoms with Gasteiger partial charge in [-0.2, -0.15) is 0 Å². The Bertz CT molecular complexity index is 684. The van der Waals surface area contributed by atoms with Crippen LogP contribution in [-0.4, -0.2) is 38.6 Å². The van der Waals surface area contributed by atoms with Gasteiger partial charge >= 0.3 is 5.97 Å². The third-order valence-corrected chi connectivity index (χ3v) is 3.06. The molecule has 0 aliphatic heterocycles. The van der Waals surface area contributed by atoms with E-state index >= 15 is 0 Å². The minimum Gasteiger partial charge on any atom is -0.483 e. The molecule has 1 aromatic carbocycles. The molecule has 0 spiro atoms. The summed E-state index contributed by atoms with van der Waals surface area (Å²) in [5.41, 5.74) is 1.52. The largest absolute Gasteiger partial charge is 0.483 e. The van der Waals surface area contributed by atoms with Gasteiger partial charge in [0.2, 0.25) is 0 Å². The predicted molar refractivity (Wildman–Crippen MR) is 80.8 cm³/mol. The van der Waals surface area contributed by atoms with Crippen molar-refractivity contribution in [3.8, 4) is 5.75 Å². The van der Waals surface area contributed by atoms with E-state index in [4.69, 9.17) is 9.84 Å². The molecule has 23 heavy (non-hydrogen) atoms. The van der Waals surface area contributed by atoms with E-state index in [9.17, 15) is 9.59 Å². The fraction of sp³-hybridized carbons (Fsp3) is 0.333. The summed E-state index contributed by atoms with van der Waals surface area (Å²) >= 11 is 0. The van der Waals surface area contributed by atoms with Crippen LogP contribution in [0, 0.1) is 0 Å². The molecule has 1 aromatic heterocycles. The molecule has 8 heteroatoms. The van der Waals surface area contributed by atoms with E-state index in [-0.39, 0.29) is 25.6 Å². The molecule has 0 saturated heterocycles. The Morgan fingerprint density at radius 2 is 2.13 bits per heavy atom. The van der Waals surface area contributed by atoms with Crippen LogP contribution in [0.2, 0.25) is 0 Å². The first-order valence-electron chi connectivity index (χ1n) is 7.16. The summed E-state index contributed by atoms with van der Waals surface area (Å²) in [5.74, 6) is -0.602. The molecule has 0 radical (unpaired) electrons. The van der Waals surface area contributed by atoms with Gasteiger partial charge in [-0.3, -0.25) is 9.59 Å². The van der Waals surface area contributed by atoms with E-state index < -0.39 is 5.97 Å². The summed E-state index contributed by atoms with van der Waals surface area (Å²) in [6.07, 6.45) is 2.30. The number of hydrogen-bond acceptors (Lipinski definition) is 5. The van der Waals surface area contributed by atoms with Gasteiger partial charge in [-0.25, -0.2) is 4.68 Å². The Balaban J connectivity index is 1.79. The average Bonchev–Trinajstić information content (AvgIpc) is 2.97. The number of rotatable bonds is 8. The first-order chi connectivity index (χ1) is 11.1. The minimum absolute atomic E-state index is 0.0969. The van der Waals surface area contributed by atoms with E-state index in [1.807, 2.05) is 31.2 Å². The van der Waals surface area contributed by atoms with Crippen molar-refractivity contribution in [1.29, 1.82) is 0 Å². The van der Waals surface area contributed by atoms with Crippen molar-refractivity contribution >= 4 is 11.9 Å². The summed E-state index contributed by atoms with van der Waals surface area (Å²) in [5, 5.41) is 18.7. The minimum atomic E-state index is -1.01. The van der Waals surface area contributed by atoms with E-state index in [2.05, 4.69) is 15.6 Å². The number of hydrogen-bond donors (Lipinski definition) is 2. The maximum absolute atomic E-state index is 11.8. The Labute approximate surface area is 133 Å². The second-order valence-corrected chi connectivity index (χ2v) is 4.83. The first kappa shape index (κ1) is 16.5. The fourth-order valence-corrected chi connectivity index (χ4v) is 1.96. The average molecular weight is 318 g/mol. The number of nitrogens with one attached hydrogen (secondary N) is 1. The molecule has 2 N–H and O–H groups in total. The summed E-state index contributed by atoms with van der Waals surface area (Å²) in [6, 6.07) is 7.55. The van der Waals surface area contributed by atoms with Crippen molar-refractivity contribution in [3.05, 3.63) is 41.7 Å². The zero-order chi connectivity index (χ0) is 16.7. The van der Waals surface area contributed by atoms with Crippen LogP contribution in [0.4, 0.5) is 0 Å². The van der Waals surface area contributed by atoms with Gasteiger partial charge in [0.1, 0.15) is 18.0 Å². The normalized spacial score (nSPS) is 10.3. The van der Waals surface area contributed by atoms with Gasteiger partial charge in [0.25, 0.3) is 5.91 Å². The molecule has 2 aromatic rings. The molecule has 2 rings (SSSR count). The van der Waals surface area contributed by atoms with Gasteiger partial charge in [0.05, 0.1) is 12.7 Å². The second kappa shape index (κ2) is 7.92. The standard InChI is InChI=1S/C15H18N4O4/c1-2-11-5-3-4-6-13(11)23-10-14(20)16-7-12-8-19(18-17-12)9-15(21)22/h3-6,8H,2,7,9-10H2,1H3,(H,16,20)(H,21,22). The van der Waals surface area contributed by atoms with Crippen LogP contribution in [0.15, 0.2) is 30.5 Å². The van der Waals surface area contributed by atoms with Crippen molar-refractivity contribution in [3.63, 3.8) is 0 Å². The number of aliphatic carboxylic acids is 1. The van der Waals surface area contributed by atoms with Crippen molar-refractivity contribution in [2.24, 2.45) is 0 Å². The number of carboxylic acid groups (broad SMARTS) is 1. The van der Waals surface area contributed by atoms with Crippen LogP contribution in [0.1, 0.15) is 18.2 Å². The molecular weight excluding hydrogens is 300 g/mol. The van der Waals surface area contributed by atoms with Gasteiger partial charge in [-0.1, -0.05) is 30.3 Å². The highest BCUT2D eigenvalue weighted by molar-refractivity contribution is 5.77. The van der Waals surface area contributed by atoms with E-state index in [1.54, 1.807) is 0 Å². The van der Waals surface area contributed by atoms with Crippen molar-refractivity contribution < 1.29 is 19.4 Å². The third-order valence-electron chi connectivity index (χ3n) is 3.06. The Kier molecular flexibility index (Phi) is 5.67. The molecule has 0 unspecified atom stereocenters. The van der Waals surface area contributed by atoms with Gasteiger partial charge in [0, 0.05) is 0 Å². The summed E-state index contributed by atoms with van der Waals surface area (Å²) in [6.45, 7) is 1.82. The number of nitrogens with zero attached hydrogens (tertiary/aromatic N) is 3. The maximum Gasteiger partial charge on any atom is 0.325 e. The SMILES string of the molecule is CCc1ccccc1OCC(=O)NCc1cn(CC(=O)O)nn1. The highest BCUT2D eigenvalue weighted by Gasteiger charge is 2.08. The Morgan fingerprint density at radius 3 is 2.87 bits per heavy atom. The summed E-state index contributed by atoms with van der Waals surface area (Å²) in [7, 11) is 0. The third kappa shape index (κ3) is 5.10. The lowest BCUT2D eigenvalue weighted by Crippen LogP contribution is -2.28. The summed E-state index contributed by atoms with van der Waals surface area (Å²) in [4.78, 5) is 22.3. The maximum atomic E-state index is 11.8. The second-order valence-electron chi connectivity index (χ2n) is 4.83. The zero-order valence-electron chi connectivity index (χ0n) is 12.7. The lowest BCUT2D eigenvalue weighted by atomic mass is 10.1. The van der Waals surface area contributed by atoms with Crippen molar-refractivity contribution in [2.75, 3.05) is 6.61 Å². The van der Waals surface area contributed by atoms with E-state index in [0.717, 1.165) is 12.0 Å². The van der Waals surface area contributed by atoms with Crippen LogP contribution < -0.4 is 10.1 Å². The van der Waals surface area contributed by atoms with Crippen LogP contribution in [0.3, 0.4) is 0 Å². The topological polar surface area (TPSA) is 106 Å². The van der Waals surface area contributed by atoms with E-state index in [0.29, 0.717) is 11.4 Å². The molecule has 0 fully saturated rings. The van der Waals surface area contributed by atoms with Gasteiger partial charge in [0.15, 0.2) is 6.61 Å². The molecule has 0 aliphatic rings. The van der Waals surface area contributed by atoms with Gasteiger partial charge < -0.3 is 15.2 Å². The highest BCUT2D eigenvalue weighted by atomic mass is 16.5. The molecule has 0 aliphatic carbocycles. The summed E-state index contributed by atoms with van der Waals surface area (Å²) < 4.78 is 6.70. The number of ether oxygens (including phenoxy) is 1. The number of aryl methyl sites for hydroxylation is 1. The molecule has 0 bridgehead atoms. The van der Waals surface area contributed by atoms with Crippen LogP contribution in [0.5, 0.6) is 5.75 Å². The number of carbonyl (C=O) groups excluding carboxylic acids is 1. The smallest absolute Gasteiger partial charge is 0.325 e. The monoisotopic (exact) mass is 318 g/mol. The molecule has 0 atom stereocenters. The van der Waals surface area contributed by atoms with Crippen LogP contribution in [-0.2, 0) is 29.1 Å². The van der Waals surface area contributed by atoms with Gasteiger partial charge in [-0.05, 0) is 18.1 Å². The Morgan fingerprint density at radius 1 is 1.35 bits per heavy atom. The zero-order valence-corrected chi connectivity index (χ0v) is 12.7. The molecule has 122 valence electrons. The van der Waals surface area contributed by atoms with Crippen LogP contribution >= 0.6 is 0 Å². The number of para-hydroxylation sites is 1. The van der Waals surface area contributed by atoms with E-state index in [1.165, 1.54) is 10.9 Å². The number of aromatic nitrogens is 3. The van der Waals surface area contributed by atoms with Crippen LogP contribution in [0.25, 0.3) is 0 Å². The number of benzene rings is 1. The lowest BCUT2D eigenvalue weighted by molar-refractivity contribution is -0.138. The first-order valence-corrected chi connectivity index (χ1v) is 7.16. The number of carboxylic acids is 1. The quantitative estimate of drug-likeness (QED) is 0.739. The van der Waals surface area contributed by atoms with Gasteiger partial charge in [-0.15, -0.1) is 5.10 Å².